The number of anilines is 1. The number of imide groups is 2. The molecular weight excluding hydrogens is 674 g/mol. The second-order valence-corrected chi connectivity index (χ2v) is 11.2. The molecule has 0 aromatic heterocycles. The molecule has 4 rings (SSSR count). The average Bonchev–Trinajstić information content (AvgIpc) is 2.84. The van der Waals surface area contributed by atoms with Gasteiger partial charge in [-0.2, -0.15) is 8.42 Å². The maximum absolute atomic E-state index is 13.1. The van der Waals surface area contributed by atoms with Gasteiger partial charge in [0.25, 0.3) is 17.5 Å². The van der Waals surface area contributed by atoms with E-state index in [0.29, 0.717) is 9.92 Å². The summed E-state index contributed by atoms with van der Waals surface area (Å²) < 4.78 is 30.9. The molecule has 0 unspecified atom stereocenters. The van der Waals surface area contributed by atoms with E-state index in [0.717, 1.165) is 6.07 Å². The molecule has 38 heavy (non-hydrogen) atoms. The number of carbonyl (C=O) groups excluding carboxylic acids is 3. The van der Waals surface area contributed by atoms with Crippen molar-refractivity contribution >= 4 is 88.9 Å². The monoisotopic (exact) mass is 683 g/mol. The van der Waals surface area contributed by atoms with Crippen molar-refractivity contribution in [3.63, 3.8) is 0 Å². The van der Waals surface area contributed by atoms with Crippen molar-refractivity contribution in [2.75, 3.05) is 4.90 Å². The van der Waals surface area contributed by atoms with Gasteiger partial charge in [0.15, 0.2) is 5.75 Å². The second kappa shape index (κ2) is 10.6. The van der Waals surface area contributed by atoms with E-state index >= 15 is 0 Å². The Hall–Kier alpha value is -3.59. The standard InChI is InChI=1S/C23H12Br2ClN3O8S/c24-18-9-12(10-19(25)20(18)37-38(35,36)16-6-4-13(26)5-7-16)8-17-21(30)27-23(32)28(22(17)31)14-2-1-3-15(11-14)29(33)34/h1-11H,(H,27,30,32)/b17-8+. The molecular formula is C23H12Br2ClN3O8S. The fraction of sp³-hybridized carbons (Fsp3) is 0. The lowest BCUT2D eigenvalue weighted by Gasteiger charge is -2.26. The molecule has 194 valence electrons. The number of hydrogen-bond acceptors (Lipinski definition) is 8. The zero-order chi connectivity index (χ0) is 27.8. The van der Waals surface area contributed by atoms with E-state index in [-0.39, 0.29) is 36.5 Å². The van der Waals surface area contributed by atoms with E-state index in [4.69, 9.17) is 15.8 Å². The van der Waals surface area contributed by atoms with Gasteiger partial charge in [-0.25, -0.2) is 9.69 Å². The summed E-state index contributed by atoms with van der Waals surface area (Å²) in [5.41, 5.74) is -0.662. The summed E-state index contributed by atoms with van der Waals surface area (Å²) in [6, 6.07) is 11.8. The number of amides is 4. The summed E-state index contributed by atoms with van der Waals surface area (Å²) in [5.74, 6) is -2.10. The first-order chi connectivity index (χ1) is 17.9. The average molecular weight is 686 g/mol. The van der Waals surface area contributed by atoms with Crippen LogP contribution in [-0.2, 0) is 19.7 Å². The Morgan fingerprint density at radius 3 is 2.24 bits per heavy atom. The van der Waals surface area contributed by atoms with Gasteiger partial charge in [-0.05, 0) is 86.0 Å². The van der Waals surface area contributed by atoms with E-state index in [1.54, 1.807) is 0 Å². The van der Waals surface area contributed by atoms with Gasteiger partial charge in [-0.3, -0.25) is 25.0 Å². The van der Waals surface area contributed by atoms with Crippen LogP contribution in [0.2, 0.25) is 5.02 Å². The zero-order valence-electron chi connectivity index (χ0n) is 18.6. The number of nitro benzene ring substituents is 1. The number of barbiturate groups is 1. The topological polar surface area (TPSA) is 153 Å². The maximum Gasteiger partial charge on any atom is 0.339 e. The number of hydrogen-bond donors (Lipinski definition) is 1. The van der Waals surface area contributed by atoms with Gasteiger partial charge in [0.05, 0.1) is 19.6 Å². The highest BCUT2D eigenvalue weighted by atomic mass is 79.9. The van der Waals surface area contributed by atoms with E-state index < -0.39 is 38.5 Å². The molecule has 0 radical (unpaired) electrons. The number of benzene rings is 3. The van der Waals surface area contributed by atoms with E-state index in [2.05, 4.69) is 31.9 Å². The minimum atomic E-state index is -4.23. The van der Waals surface area contributed by atoms with Crippen LogP contribution < -0.4 is 14.4 Å². The van der Waals surface area contributed by atoms with Crippen molar-refractivity contribution < 1.29 is 31.9 Å². The highest BCUT2D eigenvalue weighted by Gasteiger charge is 2.37. The Bertz CT molecular complexity index is 1640. The normalized spacial score (nSPS) is 15.0. The molecule has 0 saturated carbocycles. The molecule has 4 amide bonds. The van der Waals surface area contributed by atoms with Crippen LogP contribution >= 0.6 is 43.5 Å². The molecule has 1 N–H and O–H groups in total. The summed E-state index contributed by atoms with van der Waals surface area (Å²) in [4.78, 5) is 48.9. The van der Waals surface area contributed by atoms with E-state index in [1.165, 1.54) is 60.7 Å². The highest BCUT2D eigenvalue weighted by Crippen LogP contribution is 2.37. The third-order valence-electron chi connectivity index (χ3n) is 5.03. The molecule has 1 fully saturated rings. The molecule has 0 bridgehead atoms. The third-order valence-corrected chi connectivity index (χ3v) is 7.69. The Balaban J connectivity index is 1.67. The quantitative estimate of drug-likeness (QED) is 0.122. The number of carbonyl (C=O) groups is 3. The van der Waals surface area contributed by atoms with Crippen molar-refractivity contribution in [2.45, 2.75) is 4.90 Å². The van der Waals surface area contributed by atoms with E-state index in [1.807, 2.05) is 5.32 Å². The van der Waals surface area contributed by atoms with E-state index in [9.17, 15) is 32.9 Å². The van der Waals surface area contributed by atoms with Crippen LogP contribution in [0.5, 0.6) is 5.75 Å². The molecule has 11 nitrogen and oxygen atoms in total. The smallest absolute Gasteiger partial charge is 0.339 e. The number of nitro groups is 1. The number of nitrogens with one attached hydrogen (secondary N) is 1. The van der Waals surface area contributed by atoms with Crippen LogP contribution in [0, 0.1) is 10.1 Å². The maximum atomic E-state index is 13.1. The number of non-ortho nitro benzene ring substituents is 1. The first-order valence-corrected chi connectivity index (χ1v) is 13.6. The second-order valence-electron chi connectivity index (χ2n) is 7.54. The molecule has 1 saturated heterocycles. The lowest BCUT2D eigenvalue weighted by Crippen LogP contribution is -2.54. The van der Waals surface area contributed by atoms with Gasteiger partial charge in [0, 0.05) is 17.2 Å². The van der Waals surface area contributed by atoms with Crippen molar-refractivity contribution in [2.24, 2.45) is 0 Å². The number of rotatable bonds is 6. The summed E-state index contributed by atoms with van der Waals surface area (Å²) in [5, 5.41) is 13.5. The third kappa shape index (κ3) is 5.62. The van der Waals surface area contributed by atoms with Gasteiger partial charge < -0.3 is 4.18 Å². The van der Waals surface area contributed by atoms with Crippen LogP contribution in [0.15, 0.2) is 80.1 Å². The zero-order valence-corrected chi connectivity index (χ0v) is 23.3. The Morgan fingerprint density at radius 2 is 1.63 bits per heavy atom. The van der Waals surface area contributed by atoms with Crippen LogP contribution in [0.3, 0.4) is 0 Å². The molecule has 0 atom stereocenters. The molecule has 1 heterocycles. The van der Waals surface area contributed by atoms with Crippen molar-refractivity contribution in [1.82, 2.24) is 5.32 Å². The Kier molecular flexibility index (Phi) is 7.69. The van der Waals surface area contributed by atoms with Gasteiger partial charge in [-0.1, -0.05) is 17.7 Å². The van der Waals surface area contributed by atoms with Crippen molar-refractivity contribution in [3.05, 3.63) is 95.9 Å². The van der Waals surface area contributed by atoms with Crippen LogP contribution in [-0.4, -0.2) is 31.2 Å². The minimum absolute atomic E-state index is 0.102. The number of halogens is 3. The largest absolute Gasteiger partial charge is 0.377 e. The van der Waals surface area contributed by atoms with Crippen LogP contribution in [0.1, 0.15) is 5.56 Å². The van der Waals surface area contributed by atoms with Crippen LogP contribution in [0.4, 0.5) is 16.2 Å². The fourth-order valence-corrected chi connectivity index (χ4v) is 5.99. The van der Waals surface area contributed by atoms with Gasteiger partial charge in [0.2, 0.25) is 0 Å². The van der Waals surface area contributed by atoms with Crippen molar-refractivity contribution in [3.8, 4) is 5.75 Å². The van der Waals surface area contributed by atoms with Gasteiger partial charge in [-0.15, -0.1) is 0 Å². The summed E-state index contributed by atoms with van der Waals surface area (Å²) in [7, 11) is -4.23. The summed E-state index contributed by atoms with van der Waals surface area (Å²) in [6.07, 6.45) is 1.17. The lowest BCUT2D eigenvalue weighted by molar-refractivity contribution is -0.384. The summed E-state index contributed by atoms with van der Waals surface area (Å²) in [6.45, 7) is 0. The molecule has 1 aliphatic heterocycles. The number of nitrogens with zero attached hydrogens (tertiary/aromatic N) is 2. The lowest BCUT2D eigenvalue weighted by atomic mass is 10.1. The molecule has 0 aliphatic carbocycles. The first kappa shape index (κ1) is 27.4. The first-order valence-electron chi connectivity index (χ1n) is 10.2. The van der Waals surface area contributed by atoms with Gasteiger partial charge >= 0.3 is 16.1 Å². The highest BCUT2D eigenvalue weighted by molar-refractivity contribution is 9.11. The fourth-order valence-electron chi connectivity index (χ4n) is 3.31. The van der Waals surface area contributed by atoms with Crippen LogP contribution in [0.25, 0.3) is 6.08 Å². The molecule has 3 aromatic rings. The molecule has 3 aromatic carbocycles. The minimum Gasteiger partial charge on any atom is -0.377 e. The molecule has 0 spiro atoms. The van der Waals surface area contributed by atoms with Crippen molar-refractivity contribution in [1.29, 1.82) is 0 Å². The predicted octanol–water partition coefficient (Wildman–Crippen LogP) is 5.21. The SMILES string of the molecule is O=C1NC(=O)N(c2cccc([N+](=O)[O-])c2)C(=O)/C1=C/c1cc(Br)c(OS(=O)(=O)c2ccc(Cl)cc2)c(Br)c1. The molecule has 15 heteroatoms. The molecule has 1 aliphatic rings. The Labute approximate surface area is 236 Å². The van der Waals surface area contributed by atoms with Gasteiger partial charge in [0.1, 0.15) is 10.5 Å². The Morgan fingerprint density at radius 1 is 1.00 bits per heavy atom. The number of urea groups is 1. The summed E-state index contributed by atoms with van der Waals surface area (Å²) >= 11 is 12.3. The predicted molar refractivity (Wildman–Crippen MR) is 143 cm³/mol.